The molecule has 1 aromatic heterocycles. The van der Waals surface area contributed by atoms with E-state index in [1.807, 2.05) is 0 Å². The maximum Gasteiger partial charge on any atom is 0.305 e. The number of fused-ring (bicyclic) bond motifs is 1. The minimum Gasteiger partial charge on any atom is -0.508 e. The van der Waals surface area contributed by atoms with Crippen LogP contribution in [0.2, 0.25) is 0 Å². The quantitative estimate of drug-likeness (QED) is 0.0159. The summed E-state index contributed by atoms with van der Waals surface area (Å²) in [6.45, 7) is 3.13. The Morgan fingerprint density at radius 2 is 1.06 bits per heavy atom. The second-order valence-electron chi connectivity index (χ2n) is 33.9. The molecular weight excluding hydrogens is 1800 g/mol. The summed E-state index contributed by atoms with van der Waals surface area (Å²) in [4.78, 5) is 260. The number of likely N-dealkylation sites (tertiary alicyclic amines) is 2. The normalized spacial score (nSPS) is 17.0. The Hall–Kier alpha value is -13.9. The molecule has 8 rings (SSSR count). The van der Waals surface area contributed by atoms with E-state index in [4.69, 9.17) is 17.2 Å². The number of likely N-dealkylation sites (N-methyl/N-ethyl adjacent to an activating group) is 3. The van der Waals surface area contributed by atoms with Gasteiger partial charge < -0.3 is 120 Å². The van der Waals surface area contributed by atoms with Crippen molar-refractivity contribution in [3.8, 4) is 5.75 Å². The molecule has 0 radical (unpaired) electrons. The standard InChI is InChI=1S/C92H116F3N17O23S/c1-7-8-23-70(91(134)112-45-58(116)40-72(112)87(130)105-67(41-78(122)123)85(128)107-80(49(2)3)92(135)108(4)55(46-113)32-50-17-11-9-12-18-50)109(5)90(133)73(37-51-19-13-10-14-20-51)110(6)89(132)68(36-53-33-60(93)79(95)61(94)34-53)101-76(119)48-136-47-69(81(124)100-43-75(98)118)106-82(125)64(29-30-74(97)117)102-83(126)65(35-52-24-26-56(114)27-25-52)103-84(127)66(38-54-42-99-63-22-16-15-21-59(54)63)104-86(129)71-39-57(115)44-111(71)88(131)62(96)28-31-77(120)121/h9-22,24-27,33-34,42,46,49,55,57-58,62,64-73,80,99,114-116H,7-8,23,28-32,35-41,43-45,47-48,96H2,1-6H3,(H2,97,117)(H2,98,118)(H,100,124)(H,101,119)(H,102,126)(H,103,127)(H,104,129)(H,105,130)(H,106,125)(H,107,128)(H,120,121)(H,122,123)/t55-,57+,58+,62-,64-,65-,66-,67-,68-,69-,70-,71+,72+,73-,80-/m0/s1. The summed E-state index contributed by atoms with van der Waals surface area (Å²) in [5, 5.41) is 72.0. The number of carbonyl (C=O) groups excluding carboxylic acids is 16. The molecule has 0 bridgehead atoms. The Bertz CT molecular complexity index is 5280. The molecule has 0 saturated carbocycles. The highest BCUT2D eigenvalue weighted by Crippen LogP contribution is 2.29. The van der Waals surface area contributed by atoms with Gasteiger partial charge in [-0.1, -0.05) is 125 Å². The number of hydrogen-bond acceptors (Lipinski definition) is 23. The summed E-state index contributed by atoms with van der Waals surface area (Å²) in [5.41, 5.74) is 19.1. The number of thioether (sulfide) groups is 1. The van der Waals surface area contributed by atoms with Crippen LogP contribution < -0.4 is 59.7 Å². The molecule has 2 saturated heterocycles. The van der Waals surface area contributed by atoms with E-state index in [0.29, 0.717) is 64.2 Å². The monoisotopic (exact) mass is 1920 g/mol. The number of benzene rings is 5. The molecule has 2 aliphatic rings. The molecule has 40 nitrogen and oxygen atoms in total. The van der Waals surface area contributed by atoms with Gasteiger partial charge in [-0.25, -0.2) is 13.2 Å². The van der Waals surface area contributed by atoms with Crippen LogP contribution in [-0.4, -0.2) is 305 Å². The predicted molar refractivity (Wildman–Crippen MR) is 485 cm³/mol. The molecule has 3 heterocycles. The van der Waals surface area contributed by atoms with Crippen molar-refractivity contribution in [3.63, 3.8) is 0 Å². The Balaban J connectivity index is 1.03. The third kappa shape index (κ3) is 30.8. The van der Waals surface area contributed by atoms with E-state index >= 15 is 32.8 Å². The topological polar surface area (TPSA) is 615 Å². The van der Waals surface area contributed by atoms with Gasteiger partial charge in [-0.05, 0) is 89.8 Å². The number of nitrogens with zero attached hydrogens (tertiary/aromatic N) is 5. The molecule has 734 valence electrons. The molecule has 20 N–H and O–H groups in total. The second-order valence-corrected chi connectivity index (χ2v) is 34.9. The van der Waals surface area contributed by atoms with Crippen LogP contribution >= 0.6 is 11.8 Å². The van der Waals surface area contributed by atoms with Gasteiger partial charge in [-0.3, -0.25) is 81.5 Å². The van der Waals surface area contributed by atoms with Gasteiger partial charge in [0.1, 0.15) is 78.5 Å². The smallest absolute Gasteiger partial charge is 0.305 e. The number of phenolic OH excluding ortho intramolecular Hbond substituents is 1. The van der Waals surface area contributed by atoms with E-state index in [1.54, 1.807) is 112 Å². The van der Waals surface area contributed by atoms with Gasteiger partial charge in [0.25, 0.3) is 0 Å². The van der Waals surface area contributed by atoms with E-state index in [0.717, 1.165) is 31.5 Å². The summed E-state index contributed by atoms with van der Waals surface area (Å²) in [7, 11) is 3.70. The minimum absolute atomic E-state index is 0.106. The van der Waals surface area contributed by atoms with Gasteiger partial charge in [0.2, 0.25) is 88.6 Å². The van der Waals surface area contributed by atoms with E-state index in [2.05, 4.69) is 47.5 Å². The fraction of sp³-hybridized carbons (Fsp3) is 0.457. The number of H-pyrrole nitrogens is 1. The highest BCUT2D eigenvalue weighted by molar-refractivity contribution is 8.00. The average molecular weight is 1920 g/mol. The Kier molecular flexibility index (Phi) is 40.3. The number of nitrogens with two attached hydrogens (primary N) is 3. The molecule has 0 unspecified atom stereocenters. The van der Waals surface area contributed by atoms with Gasteiger partial charge in [0.15, 0.2) is 17.5 Å². The van der Waals surface area contributed by atoms with Crippen molar-refractivity contribution in [1.82, 2.24) is 72.0 Å². The van der Waals surface area contributed by atoms with Crippen LogP contribution in [0.3, 0.4) is 0 Å². The number of aromatic hydroxyl groups is 1. The summed E-state index contributed by atoms with van der Waals surface area (Å²) in [6.07, 6.45) is -5.93. The Morgan fingerprint density at radius 3 is 1.62 bits per heavy atom. The van der Waals surface area contributed by atoms with Gasteiger partial charge in [0.05, 0.1) is 43.0 Å². The maximum absolute atomic E-state index is 15.6. The van der Waals surface area contributed by atoms with Gasteiger partial charge >= 0.3 is 11.9 Å². The number of rotatable bonds is 51. The number of carbonyl (C=O) groups is 18. The van der Waals surface area contributed by atoms with Crippen LogP contribution in [0.5, 0.6) is 5.75 Å². The van der Waals surface area contributed by atoms with Crippen LogP contribution in [0.15, 0.2) is 128 Å². The van der Waals surface area contributed by atoms with Crippen molar-refractivity contribution in [1.29, 1.82) is 0 Å². The Labute approximate surface area is 784 Å². The number of hydrogen-bond donors (Lipinski definition) is 17. The lowest BCUT2D eigenvalue weighted by Gasteiger charge is -2.38. The number of carboxylic acids is 2. The van der Waals surface area contributed by atoms with Crippen LogP contribution in [0, 0.1) is 23.4 Å². The molecule has 136 heavy (non-hydrogen) atoms. The molecule has 0 spiro atoms. The number of aliphatic hydroxyl groups is 2. The summed E-state index contributed by atoms with van der Waals surface area (Å²) in [5.74, 6) is -26.2. The third-order valence-electron chi connectivity index (χ3n) is 23.3. The zero-order valence-corrected chi connectivity index (χ0v) is 76.5. The Morgan fingerprint density at radius 1 is 0.537 bits per heavy atom. The predicted octanol–water partition coefficient (Wildman–Crippen LogP) is -1.09. The number of carboxylic acid groups (broad SMARTS) is 2. The molecule has 0 aliphatic carbocycles. The number of aliphatic carboxylic acids is 2. The van der Waals surface area contributed by atoms with Crippen LogP contribution in [0.4, 0.5) is 13.2 Å². The molecule has 2 fully saturated rings. The molecular formula is C92H116F3N17O23S. The number of aliphatic hydroxyl groups excluding tert-OH is 2. The first-order valence-electron chi connectivity index (χ1n) is 44.0. The number of aldehydes is 1. The van der Waals surface area contributed by atoms with Crippen LogP contribution in [0.1, 0.15) is 113 Å². The van der Waals surface area contributed by atoms with Crippen molar-refractivity contribution in [2.75, 3.05) is 52.3 Å². The van der Waals surface area contributed by atoms with Crippen molar-refractivity contribution in [3.05, 3.63) is 173 Å². The molecule has 44 heteroatoms. The van der Waals surface area contributed by atoms with Gasteiger partial charge in [-0.2, -0.15) is 0 Å². The number of primary amides is 2. The van der Waals surface area contributed by atoms with E-state index in [1.165, 1.54) is 38.4 Å². The van der Waals surface area contributed by atoms with Crippen molar-refractivity contribution < 1.29 is 125 Å². The van der Waals surface area contributed by atoms with Gasteiger partial charge in [0, 0.05) is 108 Å². The fourth-order valence-electron chi connectivity index (χ4n) is 15.8. The number of unbranched alkanes of at least 4 members (excludes halogenated alkanes) is 1. The van der Waals surface area contributed by atoms with E-state index < -0.39 is 296 Å². The van der Waals surface area contributed by atoms with E-state index in [-0.39, 0.29) is 56.3 Å². The van der Waals surface area contributed by atoms with Crippen molar-refractivity contribution in [2.24, 2.45) is 23.1 Å². The molecule has 15 atom stereocenters. The van der Waals surface area contributed by atoms with Crippen LogP contribution in [-0.2, 0) is 118 Å². The first kappa shape index (κ1) is 107. The van der Waals surface area contributed by atoms with E-state index in [9.17, 15) is 92.3 Å². The van der Waals surface area contributed by atoms with Gasteiger partial charge in [-0.15, -0.1) is 11.8 Å². The maximum atomic E-state index is 15.6. The first-order valence-corrected chi connectivity index (χ1v) is 45.1. The van der Waals surface area contributed by atoms with Crippen molar-refractivity contribution >= 4 is 129 Å². The number of nitrogens with one attached hydrogen (secondary N) is 9. The second kappa shape index (κ2) is 51.0. The molecule has 2 aliphatic heterocycles. The lowest BCUT2D eigenvalue weighted by molar-refractivity contribution is -0.152. The number of β-amino-alcohol motifs (C(OH)–C–C–N with tert-alkyl or cyclic N) is 2. The molecule has 15 amide bonds. The SMILES string of the molecule is CCCC[C@@H](C(=O)N1C[C@H](O)C[C@@H]1C(=O)N[C@@H](CC(=O)O)C(=O)N[C@H](C(=O)N(C)[C@H](C=O)Cc1ccccc1)C(C)C)N(C)C(=O)[C@H](Cc1ccccc1)N(C)C(=O)[C@H](Cc1cc(F)c(F)c(F)c1)NC(=O)CSC[C@H](NC(=O)[C@H](CCC(N)=O)NC(=O)[C@H](Cc1ccc(O)cc1)NC(=O)[C@H](Cc1c[nH]c2ccccc12)NC(=O)[C@H]1C[C@@H](O)CN1C(=O)[C@@H](N)CCC(=O)O)C(=O)NCC(N)=O. The molecule has 5 aromatic carbocycles. The number of aromatic amines is 1. The number of amides is 15. The minimum atomic E-state index is -1.96. The lowest BCUT2D eigenvalue weighted by atomic mass is 9.99. The first-order chi connectivity index (χ1) is 64.5. The number of halogens is 3. The van der Waals surface area contributed by atoms with Crippen molar-refractivity contribution in [2.45, 2.75) is 208 Å². The summed E-state index contributed by atoms with van der Waals surface area (Å²) >= 11 is 0.568. The zero-order chi connectivity index (χ0) is 100. The largest absolute Gasteiger partial charge is 0.508 e. The fourth-order valence-corrected chi connectivity index (χ4v) is 16.7. The summed E-state index contributed by atoms with van der Waals surface area (Å²) in [6, 6.07) is 8.84. The average Bonchev–Trinajstić information content (AvgIpc) is 1.47. The zero-order valence-electron chi connectivity index (χ0n) is 75.7. The highest BCUT2D eigenvalue weighted by atomic mass is 32.2. The number of aromatic nitrogens is 1. The highest BCUT2D eigenvalue weighted by Gasteiger charge is 2.48. The lowest BCUT2D eigenvalue weighted by Crippen LogP contribution is -2.61. The number of para-hydroxylation sites is 1. The van der Waals surface area contributed by atoms with Crippen LogP contribution in [0.25, 0.3) is 10.9 Å². The third-order valence-corrected chi connectivity index (χ3v) is 24.3. The number of phenols is 1. The summed E-state index contributed by atoms with van der Waals surface area (Å²) < 4.78 is 45.1. The molecule has 6 aromatic rings.